The van der Waals surface area contributed by atoms with Crippen LogP contribution in [0.25, 0.3) is 0 Å². The molecule has 3 rings (SSSR count). The van der Waals surface area contributed by atoms with Crippen LogP contribution in [0.3, 0.4) is 0 Å². The molecule has 0 radical (unpaired) electrons. The van der Waals surface area contributed by atoms with E-state index in [1.807, 2.05) is 111 Å². The minimum atomic E-state index is -3.90. The van der Waals surface area contributed by atoms with E-state index in [4.69, 9.17) is 63.5 Å². The van der Waals surface area contributed by atoms with Crippen molar-refractivity contribution in [2.24, 2.45) is 0 Å². The number of hydrogen-bond donors (Lipinski definition) is 0. The van der Waals surface area contributed by atoms with Gasteiger partial charge >= 0.3 is 26.4 Å². The van der Waals surface area contributed by atoms with Crippen molar-refractivity contribution in [1.29, 1.82) is 0 Å². The molecule has 0 amide bonds. The predicted molar refractivity (Wildman–Crippen MR) is 268 cm³/mol. The van der Waals surface area contributed by atoms with E-state index in [9.17, 15) is 14.4 Å². The van der Waals surface area contributed by atoms with Gasteiger partial charge in [0.25, 0.3) is 17.9 Å². The maximum absolute atomic E-state index is 11.4. The minimum Gasteiger partial charge on any atom is -0.490 e. The third-order valence-electron chi connectivity index (χ3n) is 8.66. The first-order chi connectivity index (χ1) is 33.0. The van der Waals surface area contributed by atoms with E-state index in [1.165, 1.54) is 0 Å². The molecule has 0 saturated carbocycles. The normalized spacial score (nSPS) is 12.2. The second-order valence-corrected chi connectivity index (χ2v) is 21.8. The van der Waals surface area contributed by atoms with Gasteiger partial charge in [-0.15, -0.1) is 0 Å². The van der Waals surface area contributed by atoms with Crippen molar-refractivity contribution >= 4 is 49.5 Å². The molecule has 2 atom stereocenters. The summed E-state index contributed by atoms with van der Waals surface area (Å²) in [7, 11) is -9.37. The third-order valence-corrected chi connectivity index (χ3v) is 17.4. The number of ether oxygens (including phenoxy) is 5. The fourth-order valence-electron chi connectivity index (χ4n) is 6.41. The van der Waals surface area contributed by atoms with Gasteiger partial charge in [-0.05, 0) is 117 Å². The SMILES string of the molecule is C=CCOc1ccc(C[Si](OCC)(OCC)OCC)cc1.CCOC(C)Oc1ccc(C[Si](OC(C)=O)(OC(C)=O)OC(C)=O)cc1.CCOC(C)Oc1ccc([Si](OCC)(OCC)OCC)cc1. The molecule has 0 aromatic heterocycles. The van der Waals surface area contributed by atoms with Gasteiger partial charge in [-0.2, -0.15) is 0 Å². The van der Waals surface area contributed by atoms with E-state index in [0.717, 1.165) is 43.0 Å². The zero-order valence-corrected chi connectivity index (χ0v) is 46.1. The van der Waals surface area contributed by atoms with Gasteiger partial charge in [0.05, 0.1) is 6.04 Å². The highest BCUT2D eigenvalue weighted by molar-refractivity contribution is 6.75. The topological polar surface area (TPSA) is 180 Å². The van der Waals surface area contributed by atoms with Crippen LogP contribution in [0.4, 0.5) is 0 Å². The molecule has 3 aromatic carbocycles. The Morgan fingerprint density at radius 1 is 0.478 bits per heavy atom. The Morgan fingerprint density at radius 2 is 0.812 bits per heavy atom. The fraction of sp³-hybridized carbons (Fsp3) is 0.531. The summed E-state index contributed by atoms with van der Waals surface area (Å²) in [6.45, 7) is 31.3. The highest BCUT2D eigenvalue weighted by Crippen LogP contribution is 2.23. The quantitative estimate of drug-likeness (QED) is 0.0341. The molecular weight excluding hydrogens is 945 g/mol. The largest absolute Gasteiger partial charge is 0.709 e. The summed E-state index contributed by atoms with van der Waals surface area (Å²) in [6.07, 6.45) is 1.05. The Balaban J connectivity index is 0.000000521. The number of rotatable bonds is 31. The van der Waals surface area contributed by atoms with Crippen LogP contribution in [-0.2, 0) is 75.8 Å². The maximum atomic E-state index is 11.4. The van der Waals surface area contributed by atoms with Gasteiger partial charge < -0.3 is 63.5 Å². The average molecular weight is 1020 g/mol. The van der Waals surface area contributed by atoms with Crippen LogP contribution in [0.15, 0.2) is 85.5 Å². The molecular formula is C49H78O17Si3. The van der Waals surface area contributed by atoms with Gasteiger partial charge in [0.1, 0.15) is 23.9 Å². The van der Waals surface area contributed by atoms with Crippen molar-refractivity contribution in [2.45, 2.75) is 115 Å². The van der Waals surface area contributed by atoms with Crippen LogP contribution in [-0.4, -0.2) is 116 Å². The summed E-state index contributed by atoms with van der Waals surface area (Å²) < 4.78 is 78.1. The summed E-state index contributed by atoms with van der Waals surface area (Å²) >= 11 is 0. The van der Waals surface area contributed by atoms with Crippen LogP contribution in [0.2, 0.25) is 0 Å². The second-order valence-electron chi connectivity index (χ2n) is 14.3. The molecule has 0 aliphatic heterocycles. The lowest BCUT2D eigenvalue weighted by molar-refractivity contribution is -0.147. The van der Waals surface area contributed by atoms with Crippen molar-refractivity contribution in [3.8, 4) is 17.2 Å². The Labute approximate surface area is 414 Å². The zero-order chi connectivity index (χ0) is 51.7. The first-order valence-corrected chi connectivity index (χ1v) is 29.1. The van der Waals surface area contributed by atoms with Gasteiger partial charge in [-0.25, -0.2) is 0 Å². The first-order valence-electron chi connectivity index (χ1n) is 23.5. The van der Waals surface area contributed by atoms with Gasteiger partial charge in [0.2, 0.25) is 0 Å². The van der Waals surface area contributed by atoms with Crippen molar-refractivity contribution in [2.75, 3.05) is 59.5 Å². The smallest absolute Gasteiger partial charge is 0.490 e. The lowest BCUT2D eigenvalue weighted by atomic mass is 10.2. The standard InChI is InChI=1S/C17H24O8Si.C16H28O5Si.C16H26O4Si/c1-6-21-15(5)22-17-9-7-16(8-10-17)11-26(23-12(2)18,24-13(3)19)25-14(4)20;1-6-17-14(5)21-15-10-12-16(13-11-15)22(18-7-2,19-8-3)20-9-4;1-5-13-17-16-11-9-15(10-12-16)14-21(18-6-2,19-7-3)20-8-4/h7-10,15H,6,11H2,1-5H3;10-14H,6-9H2,1-5H3;5,9-12H,1,6-8,13-14H2,2-4H3. The molecule has 0 fully saturated rings. The predicted octanol–water partition coefficient (Wildman–Crippen LogP) is 8.24. The summed E-state index contributed by atoms with van der Waals surface area (Å²) in [6, 6.07) is 23.0. The molecule has 0 spiro atoms. The molecule has 20 heteroatoms. The Bertz CT molecular complexity index is 1790. The van der Waals surface area contributed by atoms with Crippen LogP contribution >= 0.6 is 0 Å². The molecule has 0 aliphatic carbocycles. The Morgan fingerprint density at radius 3 is 1.13 bits per heavy atom. The van der Waals surface area contributed by atoms with E-state index in [1.54, 1.807) is 37.3 Å². The van der Waals surface area contributed by atoms with E-state index in [0.29, 0.717) is 76.8 Å². The van der Waals surface area contributed by atoms with Crippen LogP contribution in [0, 0.1) is 0 Å². The first kappa shape index (κ1) is 62.6. The molecule has 2 unspecified atom stereocenters. The van der Waals surface area contributed by atoms with E-state index in [2.05, 4.69) is 6.58 Å². The van der Waals surface area contributed by atoms with Gasteiger partial charge in [0.15, 0.2) is 12.6 Å². The monoisotopic (exact) mass is 1020 g/mol. The Kier molecular flexibility index (Phi) is 31.5. The molecule has 0 N–H and O–H groups in total. The lowest BCUT2D eigenvalue weighted by Crippen LogP contribution is -2.56. The van der Waals surface area contributed by atoms with Crippen molar-refractivity contribution < 1.29 is 77.9 Å². The van der Waals surface area contributed by atoms with Crippen molar-refractivity contribution in [1.82, 2.24) is 0 Å². The number of carbonyl (C=O) groups is 3. The number of benzene rings is 3. The molecule has 0 aliphatic rings. The molecule has 0 saturated heterocycles. The van der Waals surface area contributed by atoms with Gasteiger partial charge in [-0.3, -0.25) is 14.4 Å². The number of hydrogen-bond acceptors (Lipinski definition) is 17. The number of carbonyl (C=O) groups excluding carboxylic acids is 3. The summed E-state index contributed by atoms with van der Waals surface area (Å²) in [5.74, 6) is 0.0423. The van der Waals surface area contributed by atoms with E-state index < -0.39 is 50.6 Å². The lowest BCUT2D eigenvalue weighted by Gasteiger charge is -2.28. The molecule has 0 bridgehead atoms. The van der Waals surface area contributed by atoms with Crippen molar-refractivity contribution in [3.05, 3.63) is 96.6 Å². The van der Waals surface area contributed by atoms with E-state index in [-0.39, 0.29) is 12.3 Å². The average Bonchev–Trinajstić information content (AvgIpc) is 3.27. The van der Waals surface area contributed by atoms with Crippen LogP contribution in [0.1, 0.15) is 101 Å². The van der Waals surface area contributed by atoms with Crippen LogP contribution < -0.4 is 19.4 Å². The second kappa shape index (κ2) is 34.8. The summed E-state index contributed by atoms with van der Waals surface area (Å²) in [5, 5.41) is 0.939. The summed E-state index contributed by atoms with van der Waals surface area (Å²) in [5.41, 5.74) is 1.78. The van der Waals surface area contributed by atoms with Crippen molar-refractivity contribution in [3.63, 3.8) is 0 Å². The molecule has 17 nitrogen and oxygen atoms in total. The highest BCUT2D eigenvalue weighted by atomic mass is 28.4. The third kappa shape index (κ3) is 24.8. The fourth-order valence-corrected chi connectivity index (χ4v) is 13.9. The van der Waals surface area contributed by atoms with Gasteiger partial charge in [0, 0.05) is 84.9 Å². The molecule has 388 valence electrons. The van der Waals surface area contributed by atoms with Crippen LogP contribution in [0.5, 0.6) is 17.2 Å². The van der Waals surface area contributed by atoms with Gasteiger partial charge in [-0.1, -0.05) is 49.1 Å². The highest BCUT2D eigenvalue weighted by Gasteiger charge is 2.52. The minimum absolute atomic E-state index is 0.0347. The molecule has 0 heterocycles. The Hall–Kier alpha value is -4.46. The molecule has 69 heavy (non-hydrogen) atoms. The molecule has 3 aromatic rings. The summed E-state index contributed by atoms with van der Waals surface area (Å²) in [4.78, 5) is 34.3. The maximum Gasteiger partial charge on any atom is 0.709 e. The zero-order valence-electron chi connectivity index (χ0n) is 43.1. The van der Waals surface area contributed by atoms with E-state index >= 15 is 0 Å².